The van der Waals surface area contributed by atoms with Crippen LogP contribution >= 0.6 is 11.3 Å². The second-order valence-corrected chi connectivity index (χ2v) is 3.76. The van der Waals surface area contributed by atoms with E-state index in [1.54, 1.807) is 6.92 Å². The average Bonchev–Trinajstić information content (AvgIpc) is 2.61. The Hall–Kier alpha value is -1.63. The van der Waals surface area contributed by atoms with Crippen LogP contribution in [-0.4, -0.2) is 30.1 Å². The van der Waals surface area contributed by atoms with E-state index in [0.29, 0.717) is 11.7 Å². The van der Waals surface area contributed by atoms with Crippen molar-refractivity contribution in [2.75, 3.05) is 18.5 Å². The Morgan fingerprint density at radius 2 is 2.31 bits per heavy atom. The molecular formula is C9H13N3O3S. The van der Waals surface area contributed by atoms with Crippen LogP contribution in [0.5, 0.6) is 0 Å². The third-order valence-electron chi connectivity index (χ3n) is 1.54. The highest BCUT2D eigenvalue weighted by Crippen LogP contribution is 2.13. The van der Waals surface area contributed by atoms with Gasteiger partial charge in [0.1, 0.15) is 6.54 Å². The number of hydrogen-bond acceptors (Lipinski definition) is 5. The number of amides is 2. The topological polar surface area (TPSA) is 80.3 Å². The Balaban J connectivity index is 2.28. The highest BCUT2D eigenvalue weighted by molar-refractivity contribution is 7.13. The van der Waals surface area contributed by atoms with Gasteiger partial charge in [0.25, 0.3) is 0 Å². The van der Waals surface area contributed by atoms with Crippen molar-refractivity contribution in [3.63, 3.8) is 0 Å². The molecule has 0 aliphatic rings. The zero-order valence-electron chi connectivity index (χ0n) is 9.07. The van der Waals surface area contributed by atoms with Gasteiger partial charge in [-0.1, -0.05) is 0 Å². The highest BCUT2D eigenvalue weighted by atomic mass is 32.1. The first kappa shape index (κ1) is 12.4. The van der Waals surface area contributed by atoms with Crippen LogP contribution in [0.1, 0.15) is 12.6 Å². The number of aromatic nitrogens is 1. The van der Waals surface area contributed by atoms with Crippen LogP contribution in [0, 0.1) is 6.92 Å². The molecule has 0 aromatic carbocycles. The number of anilines is 1. The lowest BCUT2D eigenvalue weighted by Gasteiger charge is -2.04. The molecule has 0 atom stereocenters. The number of nitrogens with zero attached hydrogens (tertiary/aromatic N) is 1. The van der Waals surface area contributed by atoms with Gasteiger partial charge in [-0.3, -0.25) is 10.1 Å². The minimum Gasteiger partial charge on any atom is -0.465 e. The van der Waals surface area contributed by atoms with Gasteiger partial charge in [0.2, 0.25) is 0 Å². The molecule has 0 spiro atoms. The summed E-state index contributed by atoms with van der Waals surface area (Å²) >= 11 is 1.32. The summed E-state index contributed by atoms with van der Waals surface area (Å²) in [6, 6.07) is -0.470. The second kappa shape index (κ2) is 6.06. The van der Waals surface area contributed by atoms with Crippen molar-refractivity contribution in [1.29, 1.82) is 0 Å². The minimum absolute atomic E-state index is 0.149. The standard InChI is InChI=1S/C9H13N3O3S/c1-3-15-7(13)4-10-8(14)12-9-11-6(2)5-16-9/h5H,3-4H2,1-2H3,(H2,10,11,12,14). The summed E-state index contributed by atoms with van der Waals surface area (Å²) in [5, 5.41) is 7.20. The molecule has 0 aliphatic heterocycles. The molecule has 1 aromatic heterocycles. The van der Waals surface area contributed by atoms with Crippen LogP contribution < -0.4 is 10.6 Å². The van der Waals surface area contributed by atoms with Crippen molar-refractivity contribution in [2.45, 2.75) is 13.8 Å². The van der Waals surface area contributed by atoms with E-state index in [1.807, 2.05) is 12.3 Å². The Morgan fingerprint density at radius 1 is 1.56 bits per heavy atom. The lowest BCUT2D eigenvalue weighted by atomic mass is 10.6. The van der Waals surface area contributed by atoms with Gasteiger partial charge in [0.15, 0.2) is 5.13 Å². The van der Waals surface area contributed by atoms with Crippen LogP contribution in [0.15, 0.2) is 5.38 Å². The number of carbonyl (C=O) groups excluding carboxylic acids is 2. The molecule has 88 valence electrons. The number of esters is 1. The van der Waals surface area contributed by atoms with E-state index in [-0.39, 0.29) is 6.54 Å². The molecule has 2 N–H and O–H groups in total. The predicted octanol–water partition coefficient (Wildman–Crippen LogP) is 1.14. The number of thiazole rings is 1. The largest absolute Gasteiger partial charge is 0.465 e. The first-order valence-corrected chi connectivity index (χ1v) is 5.62. The molecule has 16 heavy (non-hydrogen) atoms. The summed E-state index contributed by atoms with van der Waals surface area (Å²) in [6.07, 6.45) is 0. The summed E-state index contributed by atoms with van der Waals surface area (Å²) in [6.45, 7) is 3.69. The second-order valence-electron chi connectivity index (χ2n) is 2.91. The Morgan fingerprint density at radius 3 is 2.88 bits per heavy atom. The molecule has 0 bridgehead atoms. The summed E-state index contributed by atoms with van der Waals surface area (Å²) in [5.74, 6) is -0.465. The van der Waals surface area contributed by atoms with Crippen molar-refractivity contribution in [3.8, 4) is 0 Å². The molecular weight excluding hydrogens is 230 g/mol. The van der Waals surface area contributed by atoms with Crippen molar-refractivity contribution in [2.24, 2.45) is 0 Å². The maximum absolute atomic E-state index is 11.3. The van der Waals surface area contributed by atoms with Gasteiger partial charge in [-0.2, -0.15) is 0 Å². The Bertz CT molecular complexity index is 378. The summed E-state index contributed by atoms with van der Waals surface area (Å²) < 4.78 is 4.65. The predicted molar refractivity (Wildman–Crippen MR) is 60.5 cm³/mol. The van der Waals surface area contributed by atoms with E-state index >= 15 is 0 Å². The first-order chi connectivity index (χ1) is 7.61. The van der Waals surface area contributed by atoms with Gasteiger partial charge in [-0.15, -0.1) is 11.3 Å². The van der Waals surface area contributed by atoms with Crippen LogP contribution in [0.3, 0.4) is 0 Å². The molecule has 2 amide bonds. The normalized spacial score (nSPS) is 9.62. The zero-order valence-corrected chi connectivity index (χ0v) is 9.89. The number of aryl methyl sites for hydroxylation is 1. The van der Waals surface area contributed by atoms with E-state index in [4.69, 9.17) is 0 Å². The van der Waals surface area contributed by atoms with Gasteiger partial charge in [-0.05, 0) is 13.8 Å². The first-order valence-electron chi connectivity index (χ1n) is 4.74. The van der Waals surface area contributed by atoms with E-state index in [2.05, 4.69) is 20.4 Å². The quantitative estimate of drug-likeness (QED) is 0.777. The monoisotopic (exact) mass is 243 g/mol. The van der Waals surface area contributed by atoms with Crippen molar-refractivity contribution in [1.82, 2.24) is 10.3 Å². The SMILES string of the molecule is CCOC(=O)CNC(=O)Nc1nc(C)cs1. The number of urea groups is 1. The Labute approximate surface area is 97.0 Å². The molecule has 1 rings (SSSR count). The fraction of sp³-hybridized carbons (Fsp3) is 0.444. The maximum Gasteiger partial charge on any atom is 0.325 e. The summed E-state index contributed by atoms with van der Waals surface area (Å²) in [4.78, 5) is 26.2. The number of ether oxygens (including phenoxy) is 1. The molecule has 6 nitrogen and oxygen atoms in total. The number of rotatable bonds is 4. The van der Waals surface area contributed by atoms with Crippen LogP contribution in [0.4, 0.5) is 9.93 Å². The van der Waals surface area contributed by atoms with Gasteiger partial charge in [0, 0.05) is 5.38 Å². The van der Waals surface area contributed by atoms with Crippen molar-refractivity contribution in [3.05, 3.63) is 11.1 Å². The molecule has 0 saturated heterocycles. The number of hydrogen-bond donors (Lipinski definition) is 2. The van der Waals surface area contributed by atoms with Gasteiger partial charge >= 0.3 is 12.0 Å². The number of nitrogens with one attached hydrogen (secondary N) is 2. The van der Waals surface area contributed by atoms with E-state index in [9.17, 15) is 9.59 Å². The van der Waals surface area contributed by atoms with Crippen LogP contribution in [0.2, 0.25) is 0 Å². The van der Waals surface area contributed by atoms with Gasteiger partial charge in [0.05, 0.1) is 12.3 Å². The maximum atomic E-state index is 11.3. The van der Waals surface area contributed by atoms with E-state index in [0.717, 1.165) is 5.69 Å². The fourth-order valence-corrected chi connectivity index (χ4v) is 1.60. The molecule has 0 radical (unpaired) electrons. The van der Waals surface area contributed by atoms with Crippen LogP contribution in [0.25, 0.3) is 0 Å². The van der Waals surface area contributed by atoms with Gasteiger partial charge in [-0.25, -0.2) is 9.78 Å². The zero-order chi connectivity index (χ0) is 12.0. The molecule has 0 fully saturated rings. The molecule has 7 heteroatoms. The van der Waals surface area contributed by atoms with E-state index < -0.39 is 12.0 Å². The summed E-state index contributed by atoms with van der Waals surface area (Å²) in [5.41, 5.74) is 0.839. The smallest absolute Gasteiger partial charge is 0.325 e. The minimum atomic E-state index is -0.470. The number of carbonyl (C=O) groups is 2. The lowest BCUT2D eigenvalue weighted by Crippen LogP contribution is -2.34. The van der Waals surface area contributed by atoms with Gasteiger partial charge < -0.3 is 10.1 Å². The third-order valence-corrected chi connectivity index (χ3v) is 2.41. The van der Waals surface area contributed by atoms with E-state index in [1.165, 1.54) is 11.3 Å². The van der Waals surface area contributed by atoms with Crippen molar-refractivity contribution >= 4 is 28.5 Å². The van der Waals surface area contributed by atoms with Crippen LogP contribution in [-0.2, 0) is 9.53 Å². The third kappa shape index (κ3) is 4.26. The average molecular weight is 243 g/mol. The van der Waals surface area contributed by atoms with Crippen molar-refractivity contribution < 1.29 is 14.3 Å². The molecule has 0 unspecified atom stereocenters. The summed E-state index contributed by atoms with van der Waals surface area (Å²) in [7, 11) is 0. The molecule has 0 aliphatic carbocycles. The Kier molecular flexibility index (Phi) is 4.71. The fourth-order valence-electron chi connectivity index (χ4n) is 0.917. The molecule has 1 heterocycles. The lowest BCUT2D eigenvalue weighted by molar-refractivity contribution is -0.141. The molecule has 1 aromatic rings. The molecule has 0 saturated carbocycles. The highest BCUT2D eigenvalue weighted by Gasteiger charge is 2.07.